The summed E-state index contributed by atoms with van der Waals surface area (Å²) in [5.41, 5.74) is -0.627. The van der Waals surface area contributed by atoms with Crippen LogP contribution in [0.15, 0.2) is 53.4 Å². The number of halogens is 3. The zero-order chi connectivity index (χ0) is 27.3. The van der Waals surface area contributed by atoms with Crippen LogP contribution < -0.4 is 9.80 Å². The Kier molecular flexibility index (Phi) is 9.19. The average molecular weight is 549 g/mol. The van der Waals surface area contributed by atoms with Gasteiger partial charge in [0.1, 0.15) is 0 Å². The molecule has 2 aliphatic rings. The first-order valence-electron chi connectivity index (χ1n) is 13.4. The van der Waals surface area contributed by atoms with Gasteiger partial charge in [0.05, 0.1) is 0 Å². The summed E-state index contributed by atoms with van der Waals surface area (Å²) < 4.78 is 37.8. The fourth-order valence-electron chi connectivity index (χ4n) is 5.10. The molecule has 0 atom stereocenters. The Hall–Kier alpha value is -2.39. The molecule has 2 fully saturated rings. The van der Waals surface area contributed by atoms with Gasteiger partial charge < -0.3 is 14.7 Å². The molecular formula is C29H39F3N4OS. The van der Waals surface area contributed by atoms with Crippen molar-refractivity contribution >= 4 is 29.0 Å². The van der Waals surface area contributed by atoms with E-state index in [1.165, 1.54) is 23.4 Å². The lowest BCUT2D eigenvalue weighted by atomic mass is 9.87. The molecule has 0 N–H and O–H groups in total. The van der Waals surface area contributed by atoms with Gasteiger partial charge >= 0.3 is 5.51 Å². The number of piperazine rings is 1. The minimum absolute atomic E-state index is 0.0964. The number of thioether (sulfide) groups is 1. The van der Waals surface area contributed by atoms with Crippen LogP contribution in [-0.4, -0.2) is 80.1 Å². The normalized spacial score (nSPS) is 18.0. The van der Waals surface area contributed by atoms with Crippen LogP contribution in [0.25, 0.3) is 0 Å². The number of benzene rings is 2. The van der Waals surface area contributed by atoms with Gasteiger partial charge in [0.15, 0.2) is 0 Å². The van der Waals surface area contributed by atoms with E-state index in [-0.39, 0.29) is 28.0 Å². The van der Waals surface area contributed by atoms with Crippen molar-refractivity contribution in [2.24, 2.45) is 0 Å². The molecule has 2 aromatic carbocycles. The van der Waals surface area contributed by atoms with E-state index in [4.69, 9.17) is 0 Å². The minimum Gasteiger partial charge on any atom is -0.370 e. The van der Waals surface area contributed by atoms with Crippen molar-refractivity contribution in [1.29, 1.82) is 0 Å². The van der Waals surface area contributed by atoms with Crippen molar-refractivity contribution < 1.29 is 18.0 Å². The Morgan fingerprint density at radius 2 is 1.32 bits per heavy atom. The lowest BCUT2D eigenvalue weighted by Gasteiger charge is -2.36. The van der Waals surface area contributed by atoms with Gasteiger partial charge in [0, 0.05) is 81.6 Å². The molecule has 38 heavy (non-hydrogen) atoms. The first-order chi connectivity index (χ1) is 18.0. The summed E-state index contributed by atoms with van der Waals surface area (Å²) in [6, 6.07) is 15.4. The quantitative estimate of drug-likeness (QED) is 0.423. The Balaban J connectivity index is 1.19. The third-order valence-electron chi connectivity index (χ3n) is 7.40. The van der Waals surface area contributed by atoms with Crippen molar-refractivity contribution in [1.82, 2.24) is 9.80 Å². The van der Waals surface area contributed by atoms with E-state index in [0.717, 1.165) is 57.9 Å². The van der Waals surface area contributed by atoms with Crippen molar-refractivity contribution in [3.63, 3.8) is 0 Å². The van der Waals surface area contributed by atoms with E-state index in [2.05, 4.69) is 59.7 Å². The molecular weight excluding hydrogens is 509 g/mol. The molecule has 9 heteroatoms. The molecule has 0 unspecified atom stereocenters. The van der Waals surface area contributed by atoms with Gasteiger partial charge in [-0.25, -0.2) is 0 Å². The highest BCUT2D eigenvalue weighted by Crippen LogP contribution is 2.37. The summed E-state index contributed by atoms with van der Waals surface area (Å²) in [6.45, 7) is 14.1. The van der Waals surface area contributed by atoms with Gasteiger partial charge in [0.2, 0.25) is 5.91 Å². The molecule has 2 saturated heterocycles. The third-order valence-corrected chi connectivity index (χ3v) is 8.14. The predicted octanol–water partition coefficient (Wildman–Crippen LogP) is 5.85. The van der Waals surface area contributed by atoms with Crippen molar-refractivity contribution in [3.8, 4) is 0 Å². The van der Waals surface area contributed by atoms with Crippen LogP contribution in [0.1, 0.15) is 39.2 Å². The lowest BCUT2D eigenvalue weighted by molar-refractivity contribution is -0.131. The maximum absolute atomic E-state index is 13.0. The largest absolute Gasteiger partial charge is 0.446 e. The molecule has 208 valence electrons. The van der Waals surface area contributed by atoms with Crippen LogP contribution in [-0.2, 0) is 10.2 Å². The molecule has 2 aliphatic heterocycles. The highest BCUT2D eigenvalue weighted by atomic mass is 32.2. The van der Waals surface area contributed by atoms with Gasteiger partial charge in [-0.1, -0.05) is 32.9 Å². The number of nitrogens with zero attached hydrogens (tertiary/aromatic N) is 4. The Bertz CT molecular complexity index is 1050. The van der Waals surface area contributed by atoms with Crippen LogP contribution in [0.3, 0.4) is 0 Å². The monoisotopic (exact) mass is 548 g/mol. The Morgan fingerprint density at radius 1 is 0.763 bits per heavy atom. The summed E-state index contributed by atoms with van der Waals surface area (Å²) >= 11 is -0.0964. The topological polar surface area (TPSA) is 30.0 Å². The van der Waals surface area contributed by atoms with Gasteiger partial charge in [0.25, 0.3) is 0 Å². The summed E-state index contributed by atoms with van der Waals surface area (Å²) in [5, 5.41) is 0. The zero-order valence-electron chi connectivity index (χ0n) is 22.6. The summed E-state index contributed by atoms with van der Waals surface area (Å²) in [6.07, 6.45) is 1.36. The zero-order valence-corrected chi connectivity index (χ0v) is 23.5. The molecule has 0 spiro atoms. The van der Waals surface area contributed by atoms with Crippen LogP contribution in [0.4, 0.5) is 24.5 Å². The van der Waals surface area contributed by atoms with Gasteiger partial charge in [-0.3, -0.25) is 9.69 Å². The molecule has 1 amide bonds. The summed E-state index contributed by atoms with van der Waals surface area (Å²) in [7, 11) is 0. The standard InChI is InChI=1S/C29H39F3N4OS/c1-28(2,3)23-5-7-24(8-6-23)35-19-17-33(18-20-35)16-13-27(37)36-15-4-14-34(21-22-36)25-9-11-26(12-10-25)38-29(30,31)32/h5-12H,4,13-22H2,1-3H3. The average Bonchev–Trinajstić information content (AvgIpc) is 3.13. The molecule has 2 heterocycles. The van der Waals surface area contributed by atoms with Crippen LogP contribution in [0.5, 0.6) is 0 Å². The van der Waals surface area contributed by atoms with Gasteiger partial charge in [-0.15, -0.1) is 0 Å². The van der Waals surface area contributed by atoms with Crippen molar-refractivity contribution in [2.45, 2.75) is 49.4 Å². The van der Waals surface area contributed by atoms with Crippen LogP contribution >= 0.6 is 11.8 Å². The first kappa shape index (κ1) is 28.6. The number of carbonyl (C=O) groups excluding carboxylic acids is 1. The first-order valence-corrected chi connectivity index (χ1v) is 14.3. The number of anilines is 2. The summed E-state index contributed by atoms with van der Waals surface area (Å²) in [5.74, 6) is 0.184. The van der Waals surface area contributed by atoms with Crippen molar-refractivity contribution in [2.75, 3.05) is 68.7 Å². The predicted molar refractivity (Wildman–Crippen MR) is 150 cm³/mol. The fraction of sp³-hybridized carbons (Fsp3) is 0.552. The molecule has 2 aromatic rings. The third kappa shape index (κ3) is 8.06. The second kappa shape index (κ2) is 12.2. The Labute approximate surface area is 229 Å². The van der Waals surface area contributed by atoms with E-state index in [1.807, 2.05) is 4.90 Å². The highest BCUT2D eigenvalue weighted by molar-refractivity contribution is 8.00. The van der Waals surface area contributed by atoms with E-state index in [0.29, 0.717) is 19.5 Å². The second-order valence-electron chi connectivity index (χ2n) is 11.1. The molecule has 0 aliphatic carbocycles. The van der Waals surface area contributed by atoms with E-state index in [1.54, 1.807) is 12.1 Å². The number of alkyl halides is 3. The number of hydrogen-bond acceptors (Lipinski definition) is 5. The fourth-order valence-corrected chi connectivity index (χ4v) is 5.64. The SMILES string of the molecule is CC(C)(C)c1ccc(N2CCN(CCC(=O)N3CCCN(c4ccc(SC(F)(F)F)cc4)CC3)CC2)cc1. The number of carbonyl (C=O) groups is 1. The maximum atomic E-state index is 13.0. The van der Waals surface area contributed by atoms with Gasteiger partial charge in [-0.05, 0) is 65.6 Å². The van der Waals surface area contributed by atoms with E-state index in [9.17, 15) is 18.0 Å². The Morgan fingerprint density at radius 3 is 1.89 bits per heavy atom. The van der Waals surface area contributed by atoms with Crippen molar-refractivity contribution in [3.05, 3.63) is 54.1 Å². The molecule has 0 radical (unpaired) electrons. The second-order valence-corrected chi connectivity index (χ2v) is 12.3. The molecule has 0 saturated carbocycles. The maximum Gasteiger partial charge on any atom is 0.446 e. The lowest BCUT2D eigenvalue weighted by Crippen LogP contribution is -2.47. The molecule has 5 nitrogen and oxygen atoms in total. The molecule has 0 aromatic heterocycles. The number of rotatable bonds is 6. The van der Waals surface area contributed by atoms with Gasteiger partial charge in [-0.2, -0.15) is 13.2 Å². The number of hydrogen-bond donors (Lipinski definition) is 0. The molecule has 4 rings (SSSR count). The van der Waals surface area contributed by atoms with E-state index >= 15 is 0 Å². The van der Waals surface area contributed by atoms with Crippen LogP contribution in [0, 0.1) is 0 Å². The van der Waals surface area contributed by atoms with Crippen LogP contribution in [0.2, 0.25) is 0 Å². The summed E-state index contributed by atoms with van der Waals surface area (Å²) in [4.78, 5) is 22.1. The minimum atomic E-state index is -4.28. The number of amides is 1. The highest BCUT2D eigenvalue weighted by Gasteiger charge is 2.29. The molecule has 0 bridgehead atoms. The van der Waals surface area contributed by atoms with E-state index < -0.39 is 5.51 Å². The smallest absolute Gasteiger partial charge is 0.370 e.